The minimum atomic E-state index is -4.87. The highest BCUT2D eigenvalue weighted by Gasteiger charge is 2.27. The molecule has 14 heteroatoms. The van der Waals surface area contributed by atoms with Gasteiger partial charge in [-0.3, -0.25) is 18.8 Å². The summed E-state index contributed by atoms with van der Waals surface area (Å²) >= 11 is 0. The fourth-order valence-electron chi connectivity index (χ4n) is 3.20. The molecule has 0 fully saturated rings. The van der Waals surface area contributed by atoms with Gasteiger partial charge < -0.3 is 10.3 Å². The Morgan fingerprint density at radius 3 is 2.18 bits per heavy atom. The molecule has 0 aliphatic heterocycles. The zero-order valence-electron chi connectivity index (χ0n) is 18.6. The molecular weight excluding hydrogens is 488 g/mol. The quantitative estimate of drug-likeness (QED) is 0.298. The van der Waals surface area contributed by atoms with Gasteiger partial charge in [0.1, 0.15) is 10.6 Å². The highest BCUT2D eigenvalue weighted by atomic mass is 32.2. The number of nitrogens with zero attached hydrogens (tertiary/aromatic N) is 2. The third-order valence-electron chi connectivity index (χ3n) is 4.88. The number of hydrogen-bond donors (Lipinski definition) is 4. The van der Waals surface area contributed by atoms with Crippen LogP contribution in [0, 0.1) is 0 Å². The van der Waals surface area contributed by atoms with Crippen LogP contribution in [0.1, 0.15) is 10.5 Å². The Bertz CT molecular complexity index is 1520. The molecule has 4 N–H and O–H groups in total. The summed E-state index contributed by atoms with van der Waals surface area (Å²) < 4.78 is 65.4. The molecule has 3 amide bonds. The Labute approximate surface area is 195 Å². The van der Waals surface area contributed by atoms with E-state index in [4.69, 9.17) is 0 Å². The van der Waals surface area contributed by atoms with E-state index in [-0.39, 0.29) is 32.7 Å². The number of quaternary nitrogens is 1. The maximum atomic E-state index is 12.7. The van der Waals surface area contributed by atoms with Crippen LogP contribution in [-0.2, 0) is 20.2 Å². The number of nitrogens with one attached hydrogen (secondary N) is 2. The smallest absolute Gasteiger partial charge is 0.355 e. The number of carbonyl (C=O) groups is 2. The predicted octanol–water partition coefficient (Wildman–Crippen LogP) is 2.18. The van der Waals surface area contributed by atoms with Crippen LogP contribution >= 0.6 is 0 Å². The summed E-state index contributed by atoms with van der Waals surface area (Å²) in [6.45, 7) is 0. The van der Waals surface area contributed by atoms with E-state index in [1.165, 1.54) is 35.4 Å². The molecule has 3 rings (SSSR count). The van der Waals surface area contributed by atoms with Crippen molar-refractivity contribution in [3.8, 4) is 0 Å². The fraction of sp³-hybridized carbons (Fsp3) is 0.200. The summed E-state index contributed by atoms with van der Waals surface area (Å²) in [6, 6.07) is 6.84. The summed E-state index contributed by atoms with van der Waals surface area (Å²) in [5, 5.41) is 2.57. The molecule has 0 saturated carbocycles. The van der Waals surface area contributed by atoms with Crippen LogP contribution in [-0.4, -0.2) is 75.5 Å². The maximum Gasteiger partial charge on any atom is 0.422 e. The average Bonchev–Trinajstić information content (AvgIpc) is 3.20. The second-order valence-corrected chi connectivity index (χ2v) is 11.2. The number of anilines is 2. The van der Waals surface area contributed by atoms with Gasteiger partial charge >= 0.3 is 6.03 Å². The van der Waals surface area contributed by atoms with E-state index in [9.17, 15) is 35.5 Å². The number of hydrogen-bond acceptors (Lipinski definition) is 6. The first-order chi connectivity index (χ1) is 15.5. The van der Waals surface area contributed by atoms with Gasteiger partial charge in [0.05, 0.1) is 31.7 Å². The van der Waals surface area contributed by atoms with E-state index in [2.05, 4.69) is 10.3 Å². The van der Waals surface area contributed by atoms with Gasteiger partial charge in [-0.05, 0) is 35.7 Å². The number of H-pyrrole nitrogens is 1. The number of carbonyl (C=O) groups excluding carboxylic acids is 2. The van der Waals surface area contributed by atoms with Crippen molar-refractivity contribution < 1.29 is 40.0 Å². The molecule has 3 aromatic rings. The van der Waals surface area contributed by atoms with Crippen LogP contribution in [0.15, 0.2) is 52.4 Å². The predicted molar refractivity (Wildman–Crippen MR) is 124 cm³/mol. The fourth-order valence-corrected chi connectivity index (χ4v) is 4.55. The lowest BCUT2D eigenvalue weighted by molar-refractivity contribution is -0.785. The Kier molecular flexibility index (Phi) is 6.32. The number of rotatable bonds is 5. The number of aromatic nitrogens is 1. The number of aromatic amines is 1. The molecule has 12 nitrogen and oxygen atoms in total. The number of urea groups is 1. The molecule has 34 heavy (non-hydrogen) atoms. The molecule has 0 aliphatic carbocycles. The van der Waals surface area contributed by atoms with Gasteiger partial charge in [0.2, 0.25) is 0 Å². The highest BCUT2D eigenvalue weighted by Crippen LogP contribution is 2.30. The van der Waals surface area contributed by atoms with E-state index in [0.717, 1.165) is 6.07 Å². The third-order valence-corrected chi connectivity index (χ3v) is 6.61. The van der Waals surface area contributed by atoms with Gasteiger partial charge in [0.25, 0.3) is 26.1 Å². The van der Waals surface area contributed by atoms with Crippen molar-refractivity contribution in [2.45, 2.75) is 9.79 Å². The van der Waals surface area contributed by atoms with Crippen LogP contribution in [0.25, 0.3) is 10.8 Å². The van der Waals surface area contributed by atoms with E-state index in [1.807, 2.05) is 0 Å². The topological polar surface area (TPSA) is 174 Å². The van der Waals surface area contributed by atoms with Crippen LogP contribution < -0.4 is 10.2 Å². The number of benzene rings is 2. The van der Waals surface area contributed by atoms with Crippen LogP contribution in [0.3, 0.4) is 0 Å². The van der Waals surface area contributed by atoms with Gasteiger partial charge in [0.15, 0.2) is 0 Å². The van der Waals surface area contributed by atoms with E-state index in [0.29, 0.717) is 11.8 Å². The maximum absolute atomic E-state index is 12.7. The van der Waals surface area contributed by atoms with E-state index < -0.39 is 35.9 Å². The monoisotopic (exact) mass is 511 g/mol. The second-order valence-electron chi connectivity index (χ2n) is 8.39. The first-order valence-corrected chi connectivity index (χ1v) is 12.5. The average molecular weight is 512 g/mol. The molecule has 182 valence electrons. The molecule has 0 unspecified atom stereocenters. The third kappa shape index (κ3) is 5.26. The van der Waals surface area contributed by atoms with Crippen molar-refractivity contribution in [1.82, 2.24) is 4.98 Å². The minimum Gasteiger partial charge on any atom is -0.355 e. The summed E-state index contributed by atoms with van der Waals surface area (Å²) in [6.07, 6.45) is 1.48. The van der Waals surface area contributed by atoms with Gasteiger partial charge in [-0.15, -0.1) is 0 Å². The van der Waals surface area contributed by atoms with Crippen molar-refractivity contribution in [2.75, 3.05) is 38.4 Å². The molecule has 2 aromatic carbocycles. The molecular formula is C20H23N4O8S2+. The summed E-state index contributed by atoms with van der Waals surface area (Å²) in [7, 11) is -2.92. The molecule has 0 atom stereocenters. The Morgan fingerprint density at radius 1 is 0.971 bits per heavy atom. The first kappa shape index (κ1) is 25.3. The van der Waals surface area contributed by atoms with Crippen LogP contribution in [0.2, 0.25) is 0 Å². The van der Waals surface area contributed by atoms with Crippen molar-refractivity contribution in [3.63, 3.8) is 0 Å². The van der Waals surface area contributed by atoms with Crippen molar-refractivity contribution in [1.29, 1.82) is 0 Å². The van der Waals surface area contributed by atoms with Gasteiger partial charge in [0, 0.05) is 24.3 Å². The number of amides is 3. The van der Waals surface area contributed by atoms with Gasteiger partial charge in [-0.25, -0.2) is 9.28 Å². The molecule has 0 spiro atoms. The Hall–Kier alpha value is -3.30. The number of fused-ring (bicyclic) bond motifs is 1. The highest BCUT2D eigenvalue weighted by molar-refractivity contribution is 7.86. The Morgan fingerprint density at radius 2 is 1.62 bits per heavy atom. The zero-order valence-corrected chi connectivity index (χ0v) is 20.2. The lowest BCUT2D eigenvalue weighted by Gasteiger charge is -2.26. The normalized spacial score (nSPS) is 12.5. The molecule has 0 bridgehead atoms. The molecule has 0 aliphatic rings. The lowest BCUT2D eigenvalue weighted by atomic mass is 10.1. The van der Waals surface area contributed by atoms with Crippen molar-refractivity contribution in [3.05, 3.63) is 48.3 Å². The minimum absolute atomic E-state index is 0.0374. The molecule has 0 saturated heterocycles. The standard InChI is InChI=1S/C20H22N4O8S2/c1-23(20(26)24(2,3)4)14-9-17(21-11-14)19(25)22-13-6-5-12-7-15(33(27,28)29)10-18(16(12)8-13)34(30,31)32/h5-11H,1-4H3,(H3-,21,22,25,27,28,29,30,31,32)/p+1. The van der Waals surface area contributed by atoms with Crippen molar-refractivity contribution >= 4 is 54.3 Å². The van der Waals surface area contributed by atoms with E-state index >= 15 is 0 Å². The lowest BCUT2D eigenvalue weighted by Crippen LogP contribution is -2.49. The molecule has 1 heterocycles. The van der Waals surface area contributed by atoms with Gasteiger partial charge in [-0.1, -0.05) is 6.07 Å². The Balaban J connectivity index is 1.95. The zero-order chi connectivity index (χ0) is 25.6. The summed E-state index contributed by atoms with van der Waals surface area (Å²) in [5.41, 5.74) is 0.718. The first-order valence-electron chi connectivity index (χ1n) is 9.61. The van der Waals surface area contributed by atoms with Crippen LogP contribution in [0.4, 0.5) is 16.2 Å². The van der Waals surface area contributed by atoms with Crippen molar-refractivity contribution in [2.24, 2.45) is 0 Å². The second kappa shape index (κ2) is 8.48. The largest absolute Gasteiger partial charge is 0.422 e. The van der Waals surface area contributed by atoms with Crippen LogP contribution in [0.5, 0.6) is 0 Å². The molecule has 0 radical (unpaired) electrons. The molecule has 1 aromatic heterocycles. The van der Waals surface area contributed by atoms with E-state index in [1.54, 1.807) is 28.2 Å². The summed E-state index contributed by atoms with van der Waals surface area (Å²) in [4.78, 5) is 27.8. The van der Waals surface area contributed by atoms with Gasteiger partial charge in [-0.2, -0.15) is 16.8 Å². The SMILES string of the molecule is CN(C(=O)[N+](C)(C)C)c1c[nH]c(C(=O)Nc2ccc3cc(S(=O)(=O)O)cc(S(=O)(=O)O)c3c2)c1. The summed E-state index contributed by atoms with van der Waals surface area (Å²) in [5.74, 6) is -0.598.